The Morgan fingerprint density at radius 1 is 1.23 bits per heavy atom. The Labute approximate surface area is 183 Å². The lowest BCUT2D eigenvalue weighted by Gasteiger charge is -2.27. The van der Waals surface area contributed by atoms with E-state index in [-0.39, 0.29) is 24.3 Å². The number of anilines is 1. The summed E-state index contributed by atoms with van der Waals surface area (Å²) in [5.74, 6) is -0.619. The summed E-state index contributed by atoms with van der Waals surface area (Å²) in [4.78, 5) is 30.5. The zero-order valence-electron chi connectivity index (χ0n) is 18.5. The molecule has 0 aliphatic carbocycles. The fourth-order valence-electron chi connectivity index (χ4n) is 4.04. The van der Waals surface area contributed by atoms with Crippen molar-refractivity contribution in [1.29, 1.82) is 0 Å². The molecule has 0 radical (unpaired) electrons. The van der Waals surface area contributed by atoms with Crippen molar-refractivity contribution in [2.24, 2.45) is 5.11 Å². The number of aryl methyl sites for hydroxylation is 1. The molecule has 1 aliphatic heterocycles. The molecule has 7 nitrogen and oxygen atoms in total. The summed E-state index contributed by atoms with van der Waals surface area (Å²) >= 11 is 0. The van der Waals surface area contributed by atoms with Crippen molar-refractivity contribution >= 4 is 17.5 Å². The number of hydrogen-bond donors (Lipinski definition) is 1. The Bertz CT molecular complexity index is 1010. The highest BCUT2D eigenvalue weighted by atomic mass is 16.2. The number of rotatable bonds is 5. The molecule has 31 heavy (non-hydrogen) atoms. The molecule has 0 bridgehead atoms. The molecule has 0 aromatic heterocycles. The molecule has 0 saturated heterocycles. The van der Waals surface area contributed by atoms with E-state index < -0.39 is 11.6 Å². The first-order valence-corrected chi connectivity index (χ1v) is 10.5. The average Bonchev–Trinajstić information content (AvgIpc) is 2.78. The number of hydrogen-bond acceptors (Lipinski definition) is 3. The molecule has 3 rings (SSSR count). The lowest BCUT2D eigenvalue weighted by molar-refractivity contribution is -0.125. The minimum Gasteiger partial charge on any atom is -0.350 e. The number of carbonyl (C=O) groups excluding carboxylic acids is 2. The van der Waals surface area contributed by atoms with Crippen molar-refractivity contribution in [2.45, 2.75) is 58.0 Å². The van der Waals surface area contributed by atoms with Crippen LogP contribution in [0.2, 0.25) is 0 Å². The van der Waals surface area contributed by atoms with Crippen LogP contribution in [0.5, 0.6) is 0 Å². The number of fused-ring (bicyclic) bond motifs is 1. The molecule has 1 heterocycles. The van der Waals surface area contributed by atoms with Crippen LogP contribution >= 0.6 is 0 Å². The molecule has 1 N–H and O–H groups in total. The predicted molar refractivity (Wildman–Crippen MR) is 122 cm³/mol. The van der Waals surface area contributed by atoms with E-state index in [0.29, 0.717) is 18.5 Å². The van der Waals surface area contributed by atoms with Gasteiger partial charge in [-0.25, -0.2) is 0 Å². The van der Waals surface area contributed by atoms with Gasteiger partial charge in [-0.3, -0.25) is 9.59 Å². The number of carbonyl (C=O) groups is 2. The topological polar surface area (TPSA) is 98.2 Å². The summed E-state index contributed by atoms with van der Waals surface area (Å²) in [6, 6.07) is 15.2. The summed E-state index contributed by atoms with van der Waals surface area (Å²) in [6.45, 7) is 7.52. The van der Waals surface area contributed by atoms with Crippen LogP contribution in [-0.4, -0.2) is 29.9 Å². The SMILES string of the molecule is Cc1ccc2c(c1)N(CC(=O)NC(C)(C)C)C(=O)[C@H](N=[N+]=[N-])C[C@@H]2Cc1ccccc1. The first kappa shape index (κ1) is 22.4. The van der Waals surface area contributed by atoms with E-state index in [2.05, 4.69) is 27.5 Å². The normalized spacial score (nSPS) is 18.6. The maximum absolute atomic E-state index is 13.4. The molecule has 2 aromatic carbocycles. The second kappa shape index (κ2) is 9.23. The number of nitrogens with zero attached hydrogens (tertiary/aromatic N) is 4. The van der Waals surface area contributed by atoms with Crippen LogP contribution in [0.1, 0.15) is 49.8 Å². The molecular weight excluding hydrogens is 390 g/mol. The second-order valence-electron chi connectivity index (χ2n) is 9.13. The van der Waals surface area contributed by atoms with Crippen LogP contribution in [0.4, 0.5) is 5.69 Å². The molecular formula is C24H29N5O2. The highest BCUT2D eigenvalue weighted by molar-refractivity contribution is 6.03. The number of benzene rings is 2. The fourth-order valence-corrected chi connectivity index (χ4v) is 4.04. The maximum atomic E-state index is 13.4. The van der Waals surface area contributed by atoms with Gasteiger partial charge in [0.2, 0.25) is 11.8 Å². The molecule has 162 valence electrons. The van der Waals surface area contributed by atoms with Gasteiger partial charge in [-0.1, -0.05) is 47.6 Å². The Morgan fingerprint density at radius 3 is 2.58 bits per heavy atom. The number of nitrogens with one attached hydrogen (secondary N) is 1. The Morgan fingerprint density at radius 2 is 1.94 bits per heavy atom. The predicted octanol–water partition coefficient (Wildman–Crippen LogP) is 4.65. The lowest BCUT2D eigenvalue weighted by Crippen LogP contribution is -2.49. The van der Waals surface area contributed by atoms with Crippen molar-refractivity contribution in [2.75, 3.05) is 11.4 Å². The number of azide groups is 1. The van der Waals surface area contributed by atoms with Gasteiger partial charge in [-0.15, -0.1) is 0 Å². The Hall–Kier alpha value is -3.31. The second-order valence-corrected chi connectivity index (χ2v) is 9.13. The highest BCUT2D eigenvalue weighted by Gasteiger charge is 2.36. The molecule has 2 aromatic rings. The van der Waals surface area contributed by atoms with Crippen LogP contribution in [0, 0.1) is 6.92 Å². The molecule has 2 amide bonds. The van der Waals surface area contributed by atoms with Gasteiger partial charge in [0.15, 0.2) is 0 Å². The average molecular weight is 420 g/mol. The molecule has 0 saturated carbocycles. The summed E-state index contributed by atoms with van der Waals surface area (Å²) in [5, 5.41) is 6.73. The van der Waals surface area contributed by atoms with E-state index in [9.17, 15) is 9.59 Å². The van der Waals surface area contributed by atoms with E-state index in [1.54, 1.807) is 0 Å². The third-order valence-corrected chi connectivity index (χ3v) is 5.31. The highest BCUT2D eigenvalue weighted by Crippen LogP contribution is 2.38. The zero-order chi connectivity index (χ0) is 22.6. The minimum absolute atomic E-state index is 0.0203. The number of amides is 2. The van der Waals surface area contributed by atoms with Gasteiger partial charge in [0.05, 0.1) is 0 Å². The van der Waals surface area contributed by atoms with Gasteiger partial charge < -0.3 is 10.2 Å². The zero-order valence-corrected chi connectivity index (χ0v) is 18.5. The van der Waals surface area contributed by atoms with Crippen LogP contribution in [0.3, 0.4) is 0 Å². The lowest BCUT2D eigenvalue weighted by atomic mass is 9.86. The molecule has 2 atom stereocenters. The van der Waals surface area contributed by atoms with E-state index in [0.717, 1.165) is 16.7 Å². The third-order valence-electron chi connectivity index (χ3n) is 5.31. The van der Waals surface area contributed by atoms with Crippen LogP contribution in [0.15, 0.2) is 53.6 Å². The van der Waals surface area contributed by atoms with Crippen LogP contribution < -0.4 is 10.2 Å². The minimum atomic E-state index is -0.867. The monoisotopic (exact) mass is 419 g/mol. The summed E-state index contributed by atoms with van der Waals surface area (Å²) < 4.78 is 0. The largest absolute Gasteiger partial charge is 0.350 e. The van der Waals surface area contributed by atoms with Crippen LogP contribution in [-0.2, 0) is 16.0 Å². The van der Waals surface area contributed by atoms with Crippen molar-refractivity contribution in [1.82, 2.24) is 5.32 Å². The van der Waals surface area contributed by atoms with E-state index >= 15 is 0 Å². The van der Waals surface area contributed by atoms with Gasteiger partial charge in [0.25, 0.3) is 0 Å². The summed E-state index contributed by atoms with van der Waals surface area (Å²) in [6.07, 6.45) is 1.11. The summed E-state index contributed by atoms with van der Waals surface area (Å²) in [7, 11) is 0. The first-order chi connectivity index (χ1) is 14.7. The molecule has 7 heteroatoms. The van der Waals surface area contributed by atoms with Crippen molar-refractivity contribution in [3.8, 4) is 0 Å². The standard InChI is InChI=1S/C24H29N5O2/c1-16-10-11-19-18(13-17-8-6-5-7-9-17)14-20(27-28-25)23(31)29(21(19)12-16)15-22(30)26-24(2,3)4/h5-12,18,20H,13-15H2,1-4H3,(H,26,30)/t18-,20+/m0/s1. The Balaban J connectivity index is 2.05. The van der Waals surface area contributed by atoms with Gasteiger partial charge in [0, 0.05) is 16.1 Å². The third kappa shape index (κ3) is 5.64. The van der Waals surface area contributed by atoms with E-state index in [1.165, 1.54) is 4.90 Å². The summed E-state index contributed by atoms with van der Waals surface area (Å²) in [5.41, 5.74) is 12.5. The Kier molecular flexibility index (Phi) is 6.66. The van der Waals surface area contributed by atoms with Crippen molar-refractivity contribution in [3.63, 3.8) is 0 Å². The molecule has 0 unspecified atom stereocenters. The first-order valence-electron chi connectivity index (χ1n) is 10.5. The molecule has 1 aliphatic rings. The van der Waals surface area contributed by atoms with Gasteiger partial charge >= 0.3 is 0 Å². The molecule has 0 fully saturated rings. The van der Waals surface area contributed by atoms with Crippen molar-refractivity contribution in [3.05, 3.63) is 75.7 Å². The van der Waals surface area contributed by atoms with Gasteiger partial charge in [-0.2, -0.15) is 0 Å². The van der Waals surface area contributed by atoms with Crippen LogP contribution in [0.25, 0.3) is 10.4 Å². The smallest absolute Gasteiger partial charge is 0.240 e. The quantitative estimate of drug-likeness (QED) is 0.433. The van der Waals surface area contributed by atoms with E-state index in [1.807, 2.05) is 64.1 Å². The maximum Gasteiger partial charge on any atom is 0.240 e. The fraction of sp³-hybridized carbons (Fsp3) is 0.417. The van der Waals surface area contributed by atoms with E-state index in [4.69, 9.17) is 5.53 Å². The van der Waals surface area contributed by atoms with Gasteiger partial charge in [-0.05, 0) is 74.7 Å². The van der Waals surface area contributed by atoms with Crippen molar-refractivity contribution < 1.29 is 9.59 Å². The molecule has 0 spiro atoms. The van der Waals surface area contributed by atoms with Gasteiger partial charge in [0.1, 0.15) is 12.6 Å².